The Morgan fingerprint density at radius 1 is 1.14 bits per heavy atom. The number of hydrogen-bond acceptors (Lipinski definition) is 1. The van der Waals surface area contributed by atoms with Gasteiger partial charge in [-0.2, -0.15) is 13.2 Å². The Morgan fingerprint density at radius 3 is 1.86 bits per heavy atom. The summed E-state index contributed by atoms with van der Waals surface area (Å²) in [6.07, 6.45) is -3.36. The molecule has 0 fully saturated rings. The summed E-state index contributed by atoms with van der Waals surface area (Å²) in [6.45, 7) is 12.0. The number of nitrogens with zero attached hydrogens (tertiary/aromatic N) is 1. The van der Waals surface area contributed by atoms with E-state index in [1.165, 1.54) is 0 Å². The van der Waals surface area contributed by atoms with Gasteiger partial charge in [0.15, 0.2) is 0 Å². The molecule has 0 amide bonds. The fraction of sp³-hybridized carbons (Fsp3) is 0.500. The van der Waals surface area contributed by atoms with Crippen molar-refractivity contribution in [3.05, 3.63) is 24.4 Å². The Morgan fingerprint density at radius 2 is 1.57 bits per heavy atom. The largest absolute Gasteiger partial charge is 0.432 e. The number of halogens is 3. The van der Waals surface area contributed by atoms with Crippen LogP contribution in [0.5, 0.6) is 0 Å². The summed E-state index contributed by atoms with van der Waals surface area (Å²) in [5.74, 6) is 0. The minimum Gasteiger partial charge on any atom is -0.252 e. The van der Waals surface area contributed by atoms with Crippen molar-refractivity contribution in [2.75, 3.05) is 0 Å². The molecule has 0 radical (unpaired) electrons. The van der Waals surface area contributed by atoms with Gasteiger partial charge in [-0.3, -0.25) is 4.99 Å². The van der Waals surface area contributed by atoms with Crippen molar-refractivity contribution in [3.8, 4) is 0 Å². The van der Waals surface area contributed by atoms with Crippen molar-refractivity contribution in [3.63, 3.8) is 0 Å². The van der Waals surface area contributed by atoms with Gasteiger partial charge in [0.25, 0.3) is 0 Å². The van der Waals surface area contributed by atoms with Crippen LogP contribution in [0.4, 0.5) is 13.2 Å². The Labute approximate surface area is 82.0 Å². The summed E-state index contributed by atoms with van der Waals surface area (Å²) in [5, 5.41) is 0. The van der Waals surface area contributed by atoms with Gasteiger partial charge in [-0.15, -0.1) is 0 Å². The zero-order chi connectivity index (χ0) is 11.6. The van der Waals surface area contributed by atoms with E-state index in [-0.39, 0.29) is 5.41 Å². The van der Waals surface area contributed by atoms with Crippen LogP contribution >= 0.6 is 0 Å². The average Bonchev–Trinajstić information content (AvgIpc) is 1.95. The number of aliphatic imine (C=N–C) groups is 1. The van der Waals surface area contributed by atoms with Crippen molar-refractivity contribution in [2.45, 2.75) is 26.9 Å². The van der Waals surface area contributed by atoms with Crippen molar-refractivity contribution in [1.29, 1.82) is 0 Å². The van der Waals surface area contributed by atoms with Gasteiger partial charge in [0.05, 0.1) is 0 Å². The van der Waals surface area contributed by atoms with E-state index in [0.29, 0.717) is 5.57 Å². The predicted octanol–water partition coefficient (Wildman–Crippen LogP) is 3.74. The van der Waals surface area contributed by atoms with Crippen LogP contribution in [0.25, 0.3) is 0 Å². The van der Waals surface area contributed by atoms with Crippen LogP contribution in [-0.2, 0) is 0 Å². The molecule has 0 unspecified atom stereocenters. The van der Waals surface area contributed by atoms with Gasteiger partial charge < -0.3 is 0 Å². The van der Waals surface area contributed by atoms with E-state index in [0.717, 1.165) is 6.21 Å². The lowest BCUT2D eigenvalue weighted by Gasteiger charge is -2.18. The number of hydrogen-bond donors (Lipinski definition) is 0. The second-order valence-corrected chi connectivity index (χ2v) is 3.98. The molecule has 0 saturated carbocycles. The van der Waals surface area contributed by atoms with Gasteiger partial charge in [-0.05, 0) is 11.0 Å². The first kappa shape index (κ1) is 12.9. The smallest absolute Gasteiger partial charge is 0.252 e. The first-order valence-corrected chi connectivity index (χ1v) is 4.04. The van der Waals surface area contributed by atoms with Crippen LogP contribution in [0.2, 0.25) is 0 Å². The van der Waals surface area contributed by atoms with E-state index in [2.05, 4.69) is 18.2 Å². The van der Waals surface area contributed by atoms with Gasteiger partial charge >= 0.3 is 6.18 Å². The molecule has 0 atom stereocenters. The molecule has 0 aliphatic heterocycles. The molecule has 0 heterocycles. The quantitative estimate of drug-likeness (QED) is 0.609. The average molecular weight is 205 g/mol. The van der Waals surface area contributed by atoms with Crippen molar-refractivity contribution in [2.24, 2.45) is 10.4 Å². The van der Waals surface area contributed by atoms with E-state index in [1.54, 1.807) is 0 Å². The zero-order valence-corrected chi connectivity index (χ0v) is 8.57. The standard InChI is InChI=1S/C10H14F3N/c1-7(9(3,4)5)6-14-8(2)10(11,12)13/h6H,1-2H2,3-5H3/b14-6-. The van der Waals surface area contributed by atoms with E-state index in [4.69, 9.17) is 0 Å². The number of allylic oxidation sites excluding steroid dienone is 2. The molecule has 0 aromatic heterocycles. The molecular formula is C10H14F3N. The van der Waals surface area contributed by atoms with E-state index in [9.17, 15) is 13.2 Å². The summed E-state index contributed by atoms with van der Waals surface area (Å²) >= 11 is 0. The normalized spacial score (nSPS) is 13.3. The lowest BCUT2D eigenvalue weighted by atomic mass is 9.88. The minimum absolute atomic E-state index is 0.282. The van der Waals surface area contributed by atoms with E-state index < -0.39 is 11.9 Å². The van der Waals surface area contributed by atoms with Crippen LogP contribution < -0.4 is 0 Å². The van der Waals surface area contributed by atoms with E-state index in [1.807, 2.05) is 20.8 Å². The Balaban J connectivity index is 4.49. The number of alkyl halides is 3. The second kappa shape index (κ2) is 3.98. The molecule has 14 heavy (non-hydrogen) atoms. The maximum atomic E-state index is 12.0. The molecular weight excluding hydrogens is 191 g/mol. The molecule has 0 rings (SSSR count). The lowest BCUT2D eigenvalue weighted by Crippen LogP contribution is -2.12. The molecule has 0 aromatic rings. The molecule has 0 saturated heterocycles. The summed E-state index contributed by atoms with van der Waals surface area (Å²) < 4.78 is 35.9. The van der Waals surface area contributed by atoms with Gasteiger partial charge in [0, 0.05) is 6.21 Å². The number of rotatable bonds is 2. The molecule has 0 bridgehead atoms. The molecule has 0 N–H and O–H groups in total. The zero-order valence-electron chi connectivity index (χ0n) is 8.57. The van der Waals surface area contributed by atoms with Crippen LogP contribution in [0.1, 0.15) is 20.8 Å². The SMILES string of the molecule is C=C(/C=N\C(=C)C(F)(F)F)C(C)(C)C. The molecule has 80 valence electrons. The van der Waals surface area contributed by atoms with Crippen molar-refractivity contribution >= 4 is 6.21 Å². The first-order chi connectivity index (χ1) is 6.05. The van der Waals surface area contributed by atoms with Crippen molar-refractivity contribution < 1.29 is 13.2 Å². The summed E-state index contributed by atoms with van der Waals surface area (Å²) in [6, 6.07) is 0. The van der Waals surface area contributed by atoms with Gasteiger partial charge in [-0.1, -0.05) is 33.9 Å². The van der Waals surface area contributed by atoms with Gasteiger partial charge in [-0.25, -0.2) is 0 Å². The highest BCUT2D eigenvalue weighted by molar-refractivity contribution is 5.80. The lowest BCUT2D eigenvalue weighted by molar-refractivity contribution is -0.0918. The fourth-order valence-corrected chi connectivity index (χ4v) is 0.423. The van der Waals surface area contributed by atoms with Crippen LogP contribution in [0.15, 0.2) is 29.4 Å². The third-order valence-corrected chi connectivity index (χ3v) is 1.67. The van der Waals surface area contributed by atoms with Gasteiger partial charge in [0.1, 0.15) is 5.70 Å². The highest BCUT2D eigenvalue weighted by atomic mass is 19.4. The molecule has 0 spiro atoms. The van der Waals surface area contributed by atoms with Crippen LogP contribution in [-0.4, -0.2) is 12.4 Å². The summed E-state index contributed by atoms with van der Waals surface area (Å²) in [5.41, 5.74) is -0.860. The topological polar surface area (TPSA) is 12.4 Å². The highest BCUT2D eigenvalue weighted by Gasteiger charge is 2.31. The molecule has 1 nitrogen and oxygen atoms in total. The van der Waals surface area contributed by atoms with Crippen LogP contribution in [0.3, 0.4) is 0 Å². The predicted molar refractivity (Wildman–Crippen MR) is 52.3 cm³/mol. The van der Waals surface area contributed by atoms with Crippen LogP contribution in [0, 0.1) is 5.41 Å². The third kappa shape index (κ3) is 4.25. The van der Waals surface area contributed by atoms with Gasteiger partial charge in [0.2, 0.25) is 0 Å². The summed E-state index contributed by atoms with van der Waals surface area (Å²) in [4.78, 5) is 3.22. The Kier molecular flexibility index (Phi) is 3.68. The van der Waals surface area contributed by atoms with Crippen molar-refractivity contribution in [1.82, 2.24) is 0 Å². The highest BCUT2D eigenvalue weighted by Crippen LogP contribution is 2.26. The maximum absolute atomic E-state index is 12.0. The minimum atomic E-state index is -4.46. The monoisotopic (exact) mass is 205 g/mol. The molecule has 0 aliphatic rings. The Hall–Kier alpha value is -1.06. The fourth-order valence-electron chi connectivity index (χ4n) is 0.423. The first-order valence-electron chi connectivity index (χ1n) is 4.04. The Bertz CT molecular complexity index is 238. The van der Waals surface area contributed by atoms with E-state index >= 15 is 0 Å². The summed E-state index contributed by atoms with van der Waals surface area (Å²) in [7, 11) is 0. The second-order valence-electron chi connectivity index (χ2n) is 3.98. The molecule has 4 heteroatoms. The molecule has 0 aromatic carbocycles. The molecule has 0 aliphatic carbocycles. The third-order valence-electron chi connectivity index (χ3n) is 1.67. The maximum Gasteiger partial charge on any atom is 0.432 e.